The highest BCUT2D eigenvalue weighted by atomic mass is 32.2. The number of carboxylic acid groups (broad SMARTS) is 1. The molecule has 1 aliphatic heterocycles. The van der Waals surface area contributed by atoms with Crippen LogP contribution in [0.2, 0.25) is 0 Å². The molecule has 0 saturated carbocycles. The summed E-state index contributed by atoms with van der Waals surface area (Å²) in [5, 5.41) is 9.61. The predicted octanol–water partition coefficient (Wildman–Crippen LogP) is 3.41. The molecule has 2 atom stereocenters. The zero-order valence-corrected chi connectivity index (χ0v) is 18.0. The van der Waals surface area contributed by atoms with E-state index in [1.165, 1.54) is 26.2 Å². The van der Waals surface area contributed by atoms with Gasteiger partial charge in [-0.1, -0.05) is 44.2 Å². The van der Waals surface area contributed by atoms with Crippen molar-refractivity contribution in [1.29, 1.82) is 0 Å². The molecule has 1 fully saturated rings. The first-order valence-corrected chi connectivity index (χ1v) is 9.81. The number of rotatable bonds is 8. The molecule has 1 heterocycles. The SMILES string of the molecule is CC[C@H](C)[C@@H](C(=O)O)N1C(=O)/C(=C/c2cc(OC)c(OC)c(OC)c2)SC1=S. The highest BCUT2D eigenvalue weighted by Gasteiger charge is 2.42. The van der Waals surface area contributed by atoms with E-state index in [9.17, 15) is 14.7 Å². The first-order valence-electron chi connectivity index (χ1n) is 8.58. The van der Waals surface area contributed by atoms with Crippen molar-refractivity contribution in [2.45, 2.75) is 26.3 Å². The first-order chi connectivity index (χ1) is 13.3. The Balaban J connectivity index is 2.44. The number of benzene rings is 1. The quantitative estimate of drug-likeness (QED) is 0.501. The second-order valence-corrected chi connectivity index (χ2v) is 7.85. The van der Waals surface area contributed by atoms with Crippen molar-refractivity contribution < 1.29 is 28.9 Å². The van der Waals surface area contributed by atoms with Gasteiger partial charge in [0.25, 0.3) is 5.91 Å². The molecule has 0 bridgehead atoms. The molecule has 0 radical (unpaired) electrons. The van der Waals surface area contributed by atoms with E-state index in [-0.39, 0.29) is 10.2 Å². The van der Waals surface area contributed by atoms with Crippen molar-refractivity contribution in [3.05, 3.63) is 22.6 Å². The van der Waals surface area contributed by atoms with Crippen molar-refractivity contribution in [3.63, 3.8) is 0 Å². The maximum absolute atomic E-state index is 12.9. The average molecular weight is 426 g/mol. The monoisotopic (exact) mass is 425 g/mol. The van der Waals surface area contributed by atoms with E-state index in [2.05, 4.69) is 0 Å². The molecule has 1 aliphatic rings. The highest BCUT2D eigenvalue weighted by Crippen LogP contribution is 2.41. The summed E-state index contributed by atoms with van der Waals surface area (Å²) in [7, 11) is 4.51. The number of amides is 1. The maximum Gasteiger partial charge on any atom is 0.327 e. The molecule has 2 rings (SSSR count). The van der Waals surface area contributed by atoms with E-state index in [1.807, 2.05) is 6.92 Å². The number of hydrogen-bond acceptors (Lipinski definition) is 7. The van der Waals surface area contributed by atoms with Gasteiger partial charge in [-0.15, -0.1) is 0 Å². The van der Waals surface area contributed by atoms with Crippen LogP contribution in [0.4, 0.5) is 0 Å². The molecule has 7 nitrogen and oxygen atoms in total. The molecule has 28 heavy (non-hydrogen) atoms. The van der Waals surface area contributed by atoms with E-state index in [4.69, 9.17) is 26.4 Å². The fraction of sp³-hybridized carbons (Fsp3) is 0.421. The van der Waals surface area contributed by atoms with Crippen LogP contribution in [0.3, 0.4) is 0 Å². The second-order valence-electron chi connectivity index (χ2n) is 6.18. The third-order valence-corrected chi connectivity index (χ3v) is 5.85. The van der Waals surface area contributed by atoms with Gasteiger partial charge in [0.1, 0.15) is 10.4 Å². The number of methoxy groups -OCH3 is 3. The highest BCUT2D eigenvalue weighted by molar-refractivity contribution is 8.26. The number of aliphatic carboxylic acids is 1. The number of thiocarbonyl (C=S) groups is 1. The van der Waals surface area contributed by atoms with Crippen LogP contribution in [0.15, 0.2) is 17.0 Å². The number of thioether (sulfide) groups is 1. The van der Waals surface area contributed by atoms with Gasteiger partial charge in [0.15, 0.2) is 11.5 Å². The molecule has 1 aromatic carbocycles. The molecular formula is C19H23NO6S2. The van der Waals surface area contributed by atoms with Gasteiger partial charge in [-0.3, -0.25) is 9.69 Å². The minimum atomic E-state index is -1.07. The van der Waals surface area contributed by atoms with Gasteiger partial charge in [-0.05, 0) is 29.7 Å². The van der Waals surface area contributed by atoms with Crippen LogP contribution in [0.25, 0.3) is 6.08 Å². The number of carboxylic acids is 1. The molecule has 1 aromatic rings. The van der Waals surface area contributed by atoms with Crippen LogP contribution in [0, 0.1) is 5.92 Å². The zero-order valence-electron chi connectivity index (χ0n) is 16.3. The Kier molecular flexibility index (Phi) is 7.31. The van der Waals surface area contributed by atoms with Crippen molar-refractivity contribution in [3.8, 4) is 17.2 Å². The summed E-state index contributed by atoms with van der Waals surface area (Å²) < 4.78 is 16.2. The summed E-state index contributed by atoms with van der Waals surface area (Å²) in [5.74, 6) is -0.382. The largest absolute Gasteiger partial charge is 0.493 e. The smallest absolute Gasteiger partial charge is 0.327 e. The average Bonchev–Trinajstić information content (AvgIpc) is 2.94. The molecule has 0 aliphatic carbocycles. The molecule has 1 amide bonds. The molecule has 1 saturated heterocycles. The topological polar surface area (TPSA) is 85.3 Å². The Morgan fingerprint density at radius 2 is 1.82 bits per heavy atom. The Morgan fingerprint density at radius 1 is 1.25 bits per heavy atom. The van der Waals surface area contributed by atoms with Gasteiger partial charge < -0.3 is 19.3 Å². The van der Waals surface area contributed by atoms with Crippen LogP contribution in [0.5, 0.6) is 17.2 Å². The number of carbonyl (C=O) groups excluding carboxylic acids is 1. The van der Waals surface area contributed by atoms with Crippen molar-refractivity contribution >= 4 is 46.3 Å². The summed E-state index contributed by atoms with van der Waals surface area (Å²) in [6.07, 6.45) is 2.25. The molecule has 0 aromatic heterocycles. The molecule has 9 heteroatoms. The molecule has 1 N–H and O–H groups in total. The Bertz CT molecular complexity index is 798. The summed E-state index contributed by atoms with van der Waals surface area (Å²) in [6, 6.07) is 2.41. The Labute approximate surface area is 173 Å². The van der Waals surface area contributed by atoms with Crippen LogP contribution in [-0.4, -0.2) is 53.6 Å². The van der Waals surface area contributed by atoms with Gasteiger partial charge in [-0.25, -0.2) is 4.79 Å². The number of hydrogen-bond donors (Lipinski definition) is 1. The third-order valence-electron chi connectivity index (χ3n) is 4.52. The van der Waals surface area contributed by atoms with Gasteiger partial charge in [-0.2, -0.15) is 0 Å². The van der Waals surface area contributed by atoms with Crippen LogP contribution >= 0.6 is 24.0 Å². The van der Waals surface area contributed by atoms with Gasteiger partial charge in [0.05, 0.1) is 26.2 Å². The lowest BCUT2D eigenvalue weighted by molar-refractivity contribution is -0.147. The number of nitrogens with zero attached hydrogens (tertiary/aromatic N) is 1. The fourth-order valence-electron chi connectivity index (χ4n) is 2.89. The lowest BCUT2D eigenvalue weighted by Gasteiger charge is -2.27. The van der Waals surface area contributed by atoms with E-state index in [0.717, 1.165) is 11.8 Å². The van der Waals surface area contributed by atoms with E-state index < -0.39 is 17.9 Å². The normalized spacial score (nSPS) is 17.6. The van der Waals surface area contributed by atoms with Crippen LogP contribution in [-0.2, 0) is 9.59 Å². The molecule has 0 unspecified atom stereocenters. The third kappa shape index (κ3) is 4.25. The Morgan fingerprint density at radius 3 is 2.25 bits per heavy atom. The maximum atomic E-state index is 12.9. The van der Waals surface area contributed by atoms with Gasteiger partial charge >= 0.3 is 5.97 Å². The predicted molar refractivity (Wildman–Crippen MR) is 112 cm³/mol. The molecular weight excluding hydrogens is 402 g/mol. The molecule has 152 valence electrons. The van der Waals surface area contributed by atoms with Crippen LogP contribution in [0.1, 0.15) is 25.8 Å². The Hall–Kier alpha value is -2.26. The van der Waals surface area contributed by atoms with Crippen molar-refractivity contribution in [2.24, 2.45) is 5.92 Å². The second kappa shape index (κ2) is 9.29. The van der Waals surface area contributed by atoms with Gasteiger partial charge in [0.2, 0.25) is 5.75 Å². The minimum Gasteiger partial charge on any atom is -0.493 e. The molecule has 0 spiro atoms. The van der Waals surface area contributed by atoms with E-state index >= 15 is 0 Å². The first kappa shape index (κ1) is 22.0. The lowest BCUT2D eigenvalue weighted by atomic mass is 9.98. The number of ether oxygens (including phenoxy) is 3. The summed E-state index contributed by atoms with van der Waals surface area (Å²) >= 11 is 6.38. The minimum absolute atomic E-state index is 0.233. The van der Waals surface area contributed by atoms with E-state index in [0.29, 0.717) is 34.1 Å². The number of carbonyl (C=O) groups is 2. The summed E-state index contributed by atoms with van der Waals surface area (Å²) in [4.78, 5) is 26.2. The summed E-state index contributed by atoms with van der Waals surface area (Å²) in [5.41, 5.74) is 0.644. The van der Waals surface area contributed by atoms with Crippen molar-refractivity contribution in [1.82, 2.24) is 4.90 Å². The fourth-order valence-corrected chi connectivity index (χ4v) is 4.22. The van der Waals surface area contributed by atoms with Crippen LogP contribution < -0.4 is 14.2 Å². The van der Waals surface area contributed by atoms with E-state index in [1.54, 1.807) is 25.1 Å². The lowest BCUT2D eigenvalue weighted by Crippen LogP contribution is -2.47. The summed E-state index contributed by atoms with van der Waals surface area (Å²) in [6.45, 7) is 3.67. The standard InChI is InChI=1S/C19H23NO6S2/c1-6-10(2)15(18(22)23)20-17(21)14(28-19(20)27)9-11-7-12(24-3)16(26-5)13(8-11)25-4/h7-10,15H,6H2,1-5H3,(H,22,23)/b14-9-/t10-,15-/m0/s1. The zero-order chi connectivity index (χ0) is 21.0. The van der Waals surface area contributed by atoms with Gasteiger partial charge in [0, 0.05) is 0 Å². The van der Waals surface area contributed by atoms with Crippen molar-refractivity contribution in [2.75, 3.05) is 21.3 Å².